The van der Waals surface area contributed by atoms with Crippen LogP contribution in [0.25, 0.3) is 17.0 Å². The summed E-state index contributed by atoms with van der Waals surface area (Å²) in [5.74, 6) is 0.0485. The molecule has 3 aromatic rings. The van der Waals surface area contributed by atoms with Crippen LogP contribution in [0.15, 0.2) is 61.1 Å². The molecule has 4 rings (SSSR count). The van der Waals surface area contributed by atoms with Crippen molar-refractivity contribution in [2.24, 2.45) is 0 Å². The molecule has 3 heterocycles. The van der Waals surface area contributed by atoms with Gasteiger partial charge in [-0.25, -0.2) is 0 Å². The second kappa shape index (κ2) is 9.38. The molecule has 0 radical (unpaired) electrons. The van der Waals surface area contributed by atoms with Crippen molar-refractivity contribution >= 4 is 22.9 Å². The van der Waals surface area contributed by atoms with Crippen LogP contribution >= 0.6 is 0 Å². The lowest BCUT2D eigenvalue weighted by Gasteiger charge is -2.34. The lowest BCUT2D eigenvalue weighted by Crippen LogP contribution is -2.47. The summed E-state index contributed by atoms with van der Waals surface area (Å²) in [7, 11) is 0. The van der Waals surface area contributed by atoms with Crippen molar-refractivity contribution in [3.63, 3.8) is 0 Å². The molecule has 0 spiro atoms. The number of piperazine rings is 1. The molecular formula is C24H25N5O. The lowest BCUT2D eigenvalue weighted by molar-refractivity contribution is -0.127. The van der Waals surface area contributed by atoms with Gasteiger partial charge in [-0.2, -0.15) is 5.26 Å². The molecule has 0 unspecified atom stereocenters. The maximum atomic E-state index is 12.7. The summed E-state index contributed by atoms with van der Waals surface area (Å²) < 4.78 is 2.08. The minimum Gasteiger partial charge on any atom is -0.346 e. The number of rotatable bonds is 6. The average Bonchev–Trinajstić information content (AvgIpc) is 3.15. The first kappa shape index (κ1) is 19.9. The lowest BCUT2D eigenvalue weighted by atomic mass is 10.1. The number of hydrogen-bond donors (Lipinski definition) is 0. The standard InChI is InChI=1S/C24H25N5O/c25-10-3-13-29-19-21(22-4-1-2-5-23(22)29)6-7-24(30)28-16-14-27(15-17-28)18-20-8-11-26-12-9-20/h1-2,4-9,11-12,19H,3,13-18H2. The molecule has 1 fully saturated rings. The quantitative estimate of drug-likeness (QED) is 0.597. The highest BCUT2D eigenvalue weighted by molar-refractivity contribution is 5.96. The maximum absolute atomic E-state index is 12.7. The Morgan fingerprint density at radius 1 is 1.10 bits per heavy atom. The van der Waals surface area contributed by atoms with E-state index in [0.717, 1.165) is 49.2 Å². The van der Waals surface area contributed by atoms with Crippen LogP contribution < -0.4 is 0 Å². The smallest absolute Gasteiger partial charge is 0.246 e. The van der Waals surface area contributed by atoms with Gasteiger partial charge in [0.25, 0.3) is 0 Å². The molecule has 152 valence electrons. The van der Waals surface area contributed by atoms with Gasteiger partial charge in [-0.1, -0.05) is 18.2 Å². The Bertz CT molecular complexity index is 1070. The first-order chi connectivity index (χ1) is 14.7. The molecule has 0 N–H and O–H groups in total. The van der Waals surface area contributed by atoms with Crippen molar-refractivity contribution in [2.45, 2.75) is 19.5 Å². The van der Waals surface area contributed by atoms with Crippen LogP contribution in [0.3, 0.4) is 0 Å². The van der Waals surface area contributed by atoms with Gasteiger partial charge in [-0.15, -0.1) is 0 Å². The van der Waals surface area contributed by atoms with Crippen molar-refractivity contribution in [2.75, 3.05) is 26.2 Å². The molecule has 1 amide bonds. The molecular weight excluding hydrogens is 374 g/mol. The number of pyridine rings is 1. The minimum atomic E-state index is 0.0485. The predicted molar refractivity (Wildman–Crippen MR) is 117 cm³/mol. The fourth-order valence-electron chi connectivity index (χ4n) is 3.90. The van der Waals surface area contributed by atoms with Gasteiger partial charge in [0, 0.05) is 80.4 Å². The number of fused-ring (bicyclic) bond motifs is 1. The zero-order valence-electron chi connectivity index (χ0n) is 16.9. The number of nitrogens with zero attached hydrogens (tertiary/aromatic N) is 5. The van der Waals surface area contributed by atoms with E-state index in [1.165, 1.54) is 5.56 Å². The van der Waals surface area contributed by atoms with Crippen molar-refractivity contribution in [1.29, 1.82) is 5.26 Å². The molecule has 1 saturated heterocycles. The summed E-state index contributed by atoms with van der Waals surface area (Å²) in [6.07, 6.45) is 9.70. The van der Waals surface area contributed by atoms with E-state index in [-0.39, 0.29) is 5.91 Å². The number of nitriles is 1. The van der Waals surface area contributed by atoms with E-state index in [0.29, 0.717) is 13.0 Å². The Morgan fingerprint density at radius 3 is 2.63 bits per heavy atom. The molecule has 30 heavy (non-hydrogen) atoms. The fraction of sp³-hybridized carbons (Fsp3) is 0.292. The van der Waals surface area contributed by atoms with E-state index in [1.807, 2.05) is 59.9 Å². The summed E-state index contributed by atoms with van der Waals surface area (Å²) in [4.78, 5) is 21.1. The van der Waals surface area contributed by atoms with E-state index in [9.17, 15) is 4.79 Å². The summed E-state index contributed by atoms with van der Waals surface area (Å²) in [6.45, 7) is 4.75. The molecule has 0 saturated carbocycles. The summed E-state index contributed by atoms with van der Waals surface area (Å²) in [5.41, 5.74) is 3.34. The van der Waals surface area contributed by atoms with Crippen molar-refractivity contribution < 1.29 is 4.79 Å². The first-order valence-corrected chi connectivity index (χ1v) is 10.3. The van der Waals surface area contributed by atoms with Gasteiger partial charge in [0.1, 0.15) is 0 Å². The molecule has 1 aliphatic heterocycles. The Labute approximate surface area is 176 Å². The molecule has 0 atom stereocenters. The number of hydrogen-bond acceptors (Lipinski definition) is 4. The monoisotopic (exact) mass is 399 g/mol. The summed E-state index contributed by atoms with van der Waals surface area (Å²) in [5, 5.41) is 9.99. The van der Waals surface area contributed by atoms with Gasteiger partial charge < -0.3 is 9.47 Å². The Balaban J connectivity index is 1.38. The molecule has 1 aliphatic rings. The number of carbonyl (C=O) groups excluding carboxylic acids is 1. The molecule has 0 bridgehead atoms. The van der Waals surface area contributed by atoms with Gasteiger partial charge >= 0.3 is 0 Å². The van der Waals surface area contributed by atoms with Crippen molar-refractivity contribution in [1.82, 2.24) is 19.4 Å². The van der Waals surface area contributed by atoms with Crippen LogP contribution in [0, 0.1) is 11.3 Å². The highest BCUT2D eigenvalue weighted by atomic mass is 16.2. The molecule has 1 aromatic carbocycles. The van der Waals surface area contributed by atoms with Gasteiger partial charge in [0.05, 0.1) is 12.5 Å². The number of aromatic nitrogens is 2. The molecule has 6 nitrogen and oxygen atoms in total. The van der Waals surface area contributed by atoms with Gasteiger partial charge in [-0.05, 0) is 29.8 Å². The molecule has 0 aliphatic carbocycles. The third kappa shape index (κ3) is 4.58. The minimum absolute atomic E-state index is 0.0485. The highest BCUT2D eigenvalue weighted by Crippen LogP contribution is 2.23. The third-order valence-corrected chi connectivity index (χ3v) is 5.53. The fourth-order valence-corrected chi connectivity index (χ4v) is 3.90. The third-order valence-electron chi connectivity index (χ3n) is 5.53. The van der Waals surface area contributed by atoms with E-state index in [1.54, 1.807) is 6.08 Å². The Hall–Kier alpha value is -3.43. The van der Waals surface area contributed by atoms with Crippen LogP contribution in [0.5, 0.6) is 0 Å². The van der Waals surface area contributed by atoms with Gasteiger partial charge in [0.15, 0.2) is 0 Å². The Morgan fingerprint density at radius 2 is 1.87 bits per heavy atom. The van der Waals surface area contributed by atoms with E-state index >= 15 is 0 Å². The van der Waals surface area contributed by atoms with Gasteiger partial charge in [0.2, 0.25) is 5.91 Å². The summed E-state index contributed by atoms with van der Waals surface area (Å²) in [6, 6.07) is 14.4. The van der Waals surface area contributed by atoms with Crippen molar-refractivity contribution in [3.05, 3.63) is 72.2 Å². The second-order valence-corrected chi connectivity index (χ2v) is 7.49. The maximum Gasteiger partial charge on any atom is 0.246 e. The van der Waals surface area contributed by atoms with E-state index in [4.69, 9.17) is 5.26 Å². The normalized spacial score (nSPS) is 15.0. The number of aryl methyl sites for hydroxylation is 1. The Kier molecular flexibility index (Phi) is 6.21. The average molecular weight is 399 g/mol. The molecule has 2 aromatic heterocycles. The van der Waals surface area contributed by atoms with E-state index in [2.05, 4.69) is 26.6 Å². The number of amides is 1. The largest absolute Gasteiger partial charge is 0.346 e. The van der Waals surface area contributed by atoms with Crippen LogP contribution in [0.1, 0.15) is 17.5 Å². The van der Waals surface area contributed by atoms with E-state index < -0.39 is 0 Å². The zero-order valence-corrected chi connectivity index (χ0v) is 16.9. The van der Waals surface area contributed by atoms with Crippen molar-refractivity contribution in [3.8, 4) is 6.07 Å². The number of carbonyl (C=O) groups is 1. The number of benzene rings is 1. The summed E-state index contributed by atoms with van der Waals surface area (Å²) >= 11 is 0. The first-order valence-electron chi connectivity index (χ1n) is 10.3. The molecule has 6 heteroatoms. The van der Waals surface area contributed by atoms with Crippen LogP contribution in [0.4, 0.5) is 0 Å². The topological polar surface area (TPSA) is 65.2 Å². The van der Waals surface area contributed by atoms with Crippen LogP contribution in [0.2, 0.25) is 0 Å². The number of para-hydroxylation sites is 1. The second-order valence-electron chi connectivity index (χ2n) is 7.49. The zero-order chi connectivity index (χ0) is 20.8. The van der Waals surface area contributed by atoms with Crippen LogP contribution in [-0.4, -0.2) is 51.4 Å². The van der Waals surface area contributed by atoms with Gasteiger partial charge in [-0.3, -0.25) is 14.7 Å². The SMILES string of the molecule is N#CCCn1cc(C=CC(=O)N2CCN(Cc3ccncc3)CC2)c2ccccc21. The highest BCUT2D eigenvalue weighted by Gasteiger charge is 2.19. The van der Waals surface area contributed by atoms with Crippen LogP contribution in [-0.2, 0) is 17.9 Å². The predicted octanol–water partition coefficient (Wildman–Crippen LogP) is 3.31.